The van der Waals surface area contributed by atoms with Crippen LogP contribution in [0.4, 0.5) is 5.69 Å². The van der Waals surface area contributed by atoms with Crippen molar-refractivity contribution in [2.75, 3.05) is 5.32 Å². The summed E-state index contributed by atoms with van der Waals surface area (Å²) in [5.74, 6) is 0.649. The summed E-state index contributed by atoms with van der Waals surface area (Å²) in [4.78, 5) is 0. The van der Waals surface area contributed by atoms with Gasteiger partial charge in [0.1, 0.15) is 0 Å². The van der Waals surface area contributed by atoms with Gasteiger partial charge in [-0.25, -0.2) is 0 Å². The van der Waals surface area contributed by atoms with Gasteiger partial charge in [0.15, 0.2) is 0 Å². The zero-order valence-electron chi connectivity index (χ0n) is 12.0. The van der Waals surface area contributed by atoms with Crippen LogP contribution in [0.2, 0.25) is 20.1 Å². The van der Waals surface area contributed by atoms with Crippen molar-refractivity contribution in [3.8, 4) is 0 Å². The molecule has 1 N–H and O–H groups in total. The highest BCUT2D eigenvalue weighted by Crippen LogP contribution is 2.53. The quantitative estimate of drug-likeness (QED) is 0.515. The van der Waals surface area contributed by atoms with Crippen molar-refractivity contribution in [3.05, 3.63) is 73.7 Å². The molecule has 1 aliphatic heterocycles. The Balaban J connectivity index is 1.86. The molecule has 2 aromatic rings. The largest absolute Gasteiger partial charge is 0.376 e. The molecule has 23 heavy (non-hydrogen) atoms. The lowest BCUT2D eigenvalue weighted by atomic mass is 9.77. The predicted molar refractivity (Wildman–Crippen MR) is 99.3 cm³/mol. The highest BCUT2D eigenvalue weighted by Gasteiger charge is 2.39. The lowest BCUT2D eigenvalue weighted by Crippen LogP contribution is -2.29. The topological polar surface area (TPSA) is 12.0 Å². The molecule has 0 amide bonds. The normalized spacial score (nSPS) is 25.0. The van der Waals surface area contributed by atoms with Gasteiger partial charge in [0.2, 0.25) is 0 Å². The Morgan fingerprint density at radius 1 is 0.957 bits per heavy atom. The van der Waals surface area contributed by atoms with E-state index < -0.39 is 0 Å². The number of halogens is 4. The first-order valence-electron chi connectivity index (χ1n) is 7.42. The summed E-state index contributed by atoms with van der Waals surface area (Å²) in [6, 6.07) is 9.59. The highest BCUT2D eigenvalue weighted by atomic mass is 35.5. The summed E-state index contributed by atoms with van der Waals surface area (Å²) >= 11 is 25.3. The van der Waals surface area contributed by atoms with E-state index in [1.807, 2.05) is 18.2 Å². The molecular formula is C18H13Cl4N. The number of allylic oxidation sites excluding steroid dienone is 2. The SMILES string of the molecule is Clc1cc(Cl)c2c(c1)[C@H]1C=CC[C@H]1[C@H](c1cccc(Cl)c1Cl)N2. The molecule has 0 unspecified atom stereocenters. The van der Waals surface area contributed by atoms with Crippen molar-refractivity contribution < 1.29 is 0 Å². The fraction of sp³-hybridized carbons (Fsp3) is 0.222. The van der Waals surface area contributed by atoms with Crippen LogP contribution in [0.3, 0.4) is 0 Å². The maximum Gasteiger partial charge on any atom is 0.0655 e. The Bertz CT molecular complexity index is 815. The first kappa shape index (κ1) is 15.7. The van der Waals surface area contributed by atoms with Crippen LogP contribution >= 0.6 is 46.4 Å². The second-order valence-electron chi connectivity index (χ2n) is 5.97. The van der Waals surface area contributed by atoms with Gasteiger partial charge in [0, 0.05) is 10.9 Å². The summed E-state index contributed by atoms with van der Waals surface area (Å²) in [5.41, 5.74) is 3.09. The molecule has 0 fully saturated rings. The first-order valence-corrected chi connectivity index (χ1v) is 8.93. The fourth-order valence-electron chi connectivity index (χ4n) is 3.69. The van der Waals surface area contributed by atoms with Gasteiger partial charge in [-0.2, -0.15) is 0 Å². The molecule has 0 aromatic heterocycles. The molecule has 0 saturated heterocycles. The van der Waals surface area contributed by atoms with E-state index in [0.29, 0.717) is 26.0 Å². The van der Waals surface area contributed by atoms with Gasteiger partial charge < -0.3 is 5.32 Å². The standard InChI is InChI=1S/C18H13Cl4N/c19-9-7-13-10-3-1-4-11(10)17(23-18(13)15(21)8-9)12-5-2-6-14(20)16(12)22/h1-3,5-8,10-11,17,23H,4H2/t10-,11+,17+/m0/s1. The second kappa shape index (κ2) is 5.89. The molecule has 1 heterocycles. The Morgan fingerprint density at radius 2 is 1.78 bits per heavy atom. The van der Waals surface area contributed by atoms with Crippen LogP contribution in [0.5, 0.6) is 0 Å². The molecule has 2 aromatic carbocycles. The number of fused-ring (bicyclic) bond motifs is 3. The lowest BCUT2D eigenvalue weighted by molar-refractivity contribution is 0.426. The molecule has 118 valence electrons. The Kier molecular flexibility index (Phi) is 4.01. The van der Waals surface area contributed by atoms with Crippen molar-refractivity contribution in [1.82, 2.24) is 0 Å². The summed E-state index contributed by atoms with van der Waals surface area (Å²) in [5, 5.41) is 6.04. The summed E-state index contributed by atoms with van der Waals surface area (Å²) in [6.45, 7) is 0. The minimum atomic E-state index is 0.0624. The number of anilines is 1. The zero-order chi connectivity index (χ0) is 16.1. The van der Waals surface area contributed by atoms with Crippen molar-refractivity contribution in [3.63, 3.8) is 0 Å². The molecule has 3 atom stereocenters. The third kappa shape index (κ3) is 2.55. The molecule has 0 spiro atoms. The average molecular weight is 385 g/mol. The number of hydrogen-bond donors (Lipinski definition) is 1. The minimum absolute atomic E-state index is 0.0624. The zero-order valence-corrected chi connectivity index (χ0v) is 15.0. The molecular weight excluding hydrogens is 372 g/mol. The van der Waals surface area contributed by atoms with E-state index in [0.717, 1.165) is 23.2 Å². The van der Waals surface area contributed by atoms with Crippen LogP contribution in [0.15, 0.2) is 42.5 Å². The summed E-state index contributed by atoms with van der Waals surface area (Å²) < 4.78 is 0. The van der Waals surface area contributed by atoms with Crippen LogP contribution in [-0.2, 0) is 0 Å². The predicted octanol–water partition coefficient (Wildman–Crippen LogP) is 7.13. The summed E-state index contributed by atoms with van der Waals surface area (Å²) in [6.07, 6.45) is 5.43. The minimum Gasteiger partial charge on any atom is -0.376 e. The second-order valence-corrected chi connectivity index (χ2v) is 7.60. The molecule has 0 bridgehead atoms. The Morgan fingerprint density at radius 3 is 2.61 bits per heavy atom. The molecule has 0 radical (unpaired) electrons. The van der Waals surface area contributed by atoms with Crippen molar-refractivity contribution in [2.24, 2.45) is 5.92 Å². The number of nitrogens with one attached hydrogen (secondary N) is 1. The van der Waals surface area contributed by atoms with Gasteiger partial charge in [-0.3, -0.25) is 0 Å². The number of benzene rings is 2. The van der Waals surface area contributed by atoms with E-state index in [9.17, 15) is 0 Å². The van der Waals surface area contributed by atoms with Gasteiger partial charge in [0.05, 0.1) is 26.8 Å². The van der Waals surface area contributed by atoms with Gasteiger partial charge in [0.25, 0.3) is 0 Å². The van der Waals surface area contributed by atoms with Crippen LogP contribution in [-0.4, -0.2) is 0 Å². The molecule has 1 aliphatic carbocycles. The molecule has 1 nitrogen and oxygen atoms in total. The van der Waals surface area contributed by atoms with Gasteiger partial charge in [-0.15, -0.1) is 0 Å². The maximum absolute atomic E-state index is 6.46. The van der Waals surface area contributed by atoms with Gasteiger partial charge in [-0.1, -0.05) is 70.7 Å². The smallest absolute Gasteiger partial charge is 0.0655 e. The van der Waals surface area contributed by atoms with Crippen molar-refractivity contribution >= 4 is 52.1 Å². The van der Waals surface area contributed by atoms with Crippen LogP contribution in [0, 0.1) is 5.92 Å². The van der Waals surface area contributed by atoms with Gasteiger partial charge >= 0.3 is 0 Å². The third-order valence-corrected chi connectivity index (χ3v) is 6.05. The Hall–Kier alpha value is -0.860. The van der Waals surface area contributed by atoms with E-state index in [1.54, 1.807) is 12.1 Å². The number of hydrogen-bond acceptors (Lipinski definition) is 1. The van der Waals surface area contributed by atoms with E-state index in [-0.39, 0.29) is 12.0 Å². The summed E-state index contributed by atoms with van der Waals surface area (Å²) in [7, 11) is 0. The van der Waals surface area contributed by atoms with Crippen LogP contribution in [0.25, 0.3) is 0 Å². The molecule has 5 heteroatoms. The first-order chi connectivity index (χ1) is 11.1. The van der Waals surface area contributed by atoms with E-state index in [4.69, 9.17) is 46.4 Å². The van der Waals surface area contributed by atoms with Crippen molar-refractivity contribution in [2.45, 2.75) is 18.4 Å². The Labute approximate surface area is 155 Å². The average Bonchev–Trinajstić information content (AvgIpc) is 3.00. The molecule has 4 rings (SSSR count). The maximum atomic E-state index is 6.46. The fourth-order valence-corrected chi connectivity index (χ4v) is 4.68. The molecule has 0 saturated carbocycles. The van der Waals surface area contributed by atoms with Crippen molar-refractivity contribution in [1.29, 1.82) is 0 Å². The lowest BCUT2D eigenvalue weighted by Gasteiger charge is -2.38. The van der Waals surface area contributed by atoms with E-state index in [1.165, 1.54) is 0 Å². The van der Waals surface area contributed by atoms with Crippen LogP contribution in [0.1, 0.15) is 29.5 Å². The van der Waals surface area contributed by atoms with E-state index >= 15 is 0 Å². The molecule has 2 aliphatic rings. The monoisotopic (exact) mass is 383 g/mol. The van der Waals surface area contributed by atoms with Crippen LogP contribution < -0.4 is 5.32 Å². The van der Waals surface area contributed by atoms with Gasteiger partial charge in [-0.05, 0) is 41.7 Å². The number of rotatable bonds is 1. The highest BCUT2D eigenvalue weighted by molar-refractivity contribution is 6.42. The van der Waals surface area contributed by atoms with E-state index in [2.05, 4.69) is 17.5 Å². The third-order valence-electron chi connectivity index (χ3n) is 4.70.